The highest BCUT2D eigenvalue weighted by Crippen LogP contribution is 2.49. The Kier molecular flexibility index (Phi) is 8.79. The Bertz CT molecular complexity index is 1430. The van der Waals surface area contributed by atoms with Gasteiger partial charge in [0.05, 0.1) is 16.0 Å². The predicted octanol–water partition coefficient (Wildman–Crippen LogP) is 7.96. The molecule has 0 radical (unpaired) electrons. The molecule has 41 heavy (non-hydrogen) atoms. The Labute approximate surface area is 253 Å². The number of hydrogen-bond acceptors (Lipinski definition) is 3. The molecule has 3 aromatic carbocycles. The van der Waals surface area contributed by atoms with Crippen molar-refractivity contribution in [2.24, 2.45) is 0 Å². The highest BCUT2D eigenvalue weighted by atomic mass is 35.5. The number of fused-ring (bicyclic) bond motifs is 2. The molecule has 1 saturated heterocycles. The van der Waals surface area contributed by atoms with Gasteiger partial charge in [0.2, 0.25) is 5.91 Å². The maximum absolute atomic E-state index is 14.3. The number of aryl methyl sites for hydroxylation is 1. The first-order valence-corrected chi connectivity index (χ1v) is 15.0. The largest absolute Gasteiger partial charge is 0.349 e. The Hall–Kier alpha value is -2.86. The van der Waals surface area contributed by atoms with Crippen LogP contribution < -0.4 is 4.90 Å². The Morgan fingerprint density at radius 3 is 2.44 bits per heavy atom. The number of carbonyl (C=O) groups excluding carboxylic acids is 1. The molecule has 0 aliphatic carbocycles. The number of halogens is 3. The van der Waals surface area contributed by atoms with Crippen LogP contribution in [0.3, 0.4) is 0 Å². The average Bonchev–Trinajstić information content (AvgIpc) is 2.96. The van der Waals surface area contributed by atoms with Crippen molar-refractivity contribution in [3.8, 4) is 0 Å². The first kappa shape index (κ1) is 29.6. The molecule has 1 unspecified atom stereocenters. The molecule has 1 spiro atoms. The van der Waals surface area contributed by atoms with Crippen LogP contribution in [0.15, 0.2) is 72.9 Å². The predicted molar refractivity (Wildman–Crippen MR) is 167 cm³/mol. The monoisotopic (exact) mass is 593 g/mol. The van der Waals surface area contributed by atoms with E-state index in [1.807, 2.05) is 32.3 Å². The molecule has 2 heterocycles. The van der Waals surface area contributed by atoms with Gasteiger partial charge in [-0.15, -0.1) is 0 Å². The van der Waals surface area contributed by atoms with Crippen molar-refractivity contribution >= 4 is 34.8 Å². The van der Waals surface area contributed by atoms with Crippen LogP contribution in [0.5, 0.6) is 0 Å². The first-order valence-electron chi connectivity index (χ1n) is 14.3. The van der Waals surface area contributed by atoms with Gasteiger partial charge in [0, 0.05) is 37.4 Å². The van der Waals surface area contributed by atoms with Gasteiger partial charge in [0.25, 0.3) is 0 Å². The molecule has 3 aromatic rings. The Morgan fingerprint density at radius 2 is 1.76 bits per heavy atom. The molecular weight excluding hydrogens is 556 g/mol. The van der Waals surface area contributed by atoms with E-state index in [2.05, 4.69) is 47.6 Å². The summed E-state index contributed by atoms with van der Waals surface area (Å²) in [5, 5.41) is 0.934. The number of likely N-dealkylation sites (tertiary alicyclic amines) is 1. The number of benzene rings is 3. The molecular formula is C34H38Cl2FN3O. The van der Waals surface area contributed by atoms with Crippen molar-refractivity contribution in [1.29, 1.82) is 0 Å². The van der Waals surface area contributed by atoms with Gasteiger partial charge in [0.15, 0.2) is 0 Å². The van der Waals surface area contributed by atoms with E-state index in [0.717, 1.165) is 67.0 Å². The minimum absolute atomic E-state index is 0.0634. The minimum Gasteiger partial charge on any atom is -0.349 e. The second kappa shape index (κ2) is 12.2. The third kappa shape index (κ3) is 6.33. The van der Waals surface area contributed by atoms with E-state index in [-0.39, 0.29) is 23.1 Å². The van der Waals surface area contributed by atoms with Gasteiger partial charge in [-0.05, 0) is 99.3 Å². The van der Waals surface area contributed by atoms with Crippen LogP contribution in [0.25, 0.3) is 0 Å². The van der Waals surface area contributed by atoms with Crippen molar-refractivity contribution < 1.29 is 9.18 Å². The third-order valence-electron chi connectivity index (χ3n) is 9.02. The van der Waals surface area contributed by atoms with E-state index in [1.54, 1.807) is 17.0 Å². The van der Waals surface area contributed by atoms with Crippen LogP contribution in [0.4, 0.5) is 10.1 Å². The van der Waals surface area contributed by atoms with Crippen molar-refractivity contribution in [2.75, 3.05) is 38.6 Å². The van der Waals surface area contributed by atoms with Gasteiger partial charge in [-0.3, -0.25) is 4.79 Å². The average molecular weight is 595 g/mol. The lowest BCUT2D eigenvalue weighted by molar-refractivity contribution is -0.132. The van der Waals surface area contributed by atoms with E-state index in [0.29, 0.717) is 23.0 Å². The Morgan fingerprint density at radius 1 is 1.05 bits per heavy atom. The van der Waals surface area contributed by atoms with Crippen LogP contribution >= 0.6 is 23.2 Å². The summed E-state index contributed by atoms with van der Waals surface area (Å²) in [5.41, 5.74) is 6.27. The topological polar surface area (TPSA) is 26.8 Å². The third-order valence-corrected chi connectivity index (χ3v) is 9.75. The fourth-order valence-electron chi connectivity index (χ4n) is 6.44. The second-order valence-electron chi connectivity index (χ2n) is 11.8. The van der Waals surface area contributed by atoms with E-state index in [4.69, 9.17) is 23.2 Å². The van der Waals surface area contributed by atoms with E-state index in [9.17, 15) is 9.18 Å². The number of anilines is 1. The van der Waals surface area contributed by atoms with Crippen molar-refractivity contribution in [1.82, 2.24) is 9.80 Å². The van der Waals surface area contributed by atoms with E-state index >= 15 is 0 Å². The smallest absolute Gasteiger partial charge is 0.230 e. The maximum atomic E-state index is 14.3. The van der Waals surface area contributed by atoms with E-state index < -0.39 is 0 Å². The zero-order valence-electron chi connectivity index (χ0n) is 24.1. The SMILES string of the molecule is C=C1CC2(CCN(CCC(C(=O)N(C)Cc3ccc(C)cc3)c3ccc(Cl)c(Cl)c3)CC2)c2cc(F)ccc2N1C. The zero-order valence-corrected chi connectivity index (χ0v) is 25.6. The number of amides is 1. The lowest BCUT2D eigenvalue weighted by atomic mass is 9.67. The fraction of sp³-hybridized carbons (Fsp3) is 0.382. The highest BCUT2D eigenvalue weighted by Gasteiger charge is 2.42. The number of hydrogen-bond donors (Lipinski definition) is 0. The number of piperidine rings is 1. The first-order chi connectivity index (χ1) is 19.6. The van der Waals surface area contributed by atoms with Gasteiger partial charge in [-0.1, -0.05) is 65.7 Å². The molecule has 0 bridgehead atoms. The number of rotatable bonds is 7. The molecule has 1 atom stereocenters. The molecule has 0 aromatic heterocycles. The number of likely N-dealkylation sites (N-methyl/N-ethyl adjacent to an activating group) is 1. The standard InChI is InChI=1S/C34H38Cl2FN3O/c1-23-5-7-25(8-6-23)22-38(3)33(41)28(26-9-11-30(35)31(36)19-26)13-16-40-17-14-34(15-18-40)21-24(2)39(4)32-12-10-27(37)20-29(32)34/h5-12,19-20,28H,2,13-18,21-22H2,1,3-4H3. The summed E-state index contributed by atoms with van der Waals surface area (Å²) in [6.45, 7) is 9.46. The molecule has 0 N–H and O–H groups in total. The van der Waals surface area contributed by atoms with E-state index in [1.165, 1.54) is 11.6 Å². The number of carbonyl (C=O) groups is 1. The molecule has 4 nitrogen and oxygen atoms in total. The molecule has 2 aliphatic heterocycles. The summed E-state index contributed by atoms with van der Waals surface area (Å²) in [6.07, 6.45) is 3.36. The summed E-state index contributed by atoms with van der Waals surface area (Å²) in [4.78, 5) is 20.2. The van der Waals surface area contributed by atoms with Crippen LogP contribution in [0.2, 0.25) is 10.0 Å². The molecule has 2 aliphatic rings. The summed E-state index contributed by atoms with van der Waals surface area (Å²) < 4.78 is 14.3. The van der Waals surface area contributed by atoms with Gasteiger partial charge in [0.1, 0.15) is 5.82 Å². The Balaban J connectivity index is 1.30. The summed E-state index contributed by atoms with van der Waals surface area (Å²) in [5.74, 6) is -0.466. The van der Waals surface area contributed by atoms with Crippen LogP contribution in [-0.2, 0) is 16.8 Å². The fourth-order valence-corrected chi connectivity index (χ4v) is 6.74. The van der Waals surface area contributed by atoms with Crippen LogP contribution in [0.1, 0.15) is 53.9 Å². The van der Waals surface area contributed by atoms with Crippen molar-refractivity contribution in [3.05, 3.63) is 111 Å². The van der Waals surface area contributed by atoms with Gasteiger partial charge in [-0.2, -0.15) is 0 Å². The summed E-state index contributed by atoms with van der Waals surface area (Å²) in [7, 11) is 3.87. The van der Waals surface area contributed by atoms with Crippen LogP contribution in [0, 0.1) is 12.7 Å². The molecule has 216 valence electrons. The molecule has 7 heteroatoms. The molecule has 5 rings (SSSR count). The molecule has 1 amide bonds. The maximum Gasteiger partial charge on any atom is 0.230 e. The highest BCUT2D eigenvalue weighted by molar-refractivity contribution is 6.42. The number of allylic oxidation sites excluding steroid dienone is 1. The lowest BCUT2D eigenvalue weighted by Gasteiger charge is -2.48. The molecule has 0 saturated carbocycles. The van der Waals surface area contributed by atoms with Crippen LogP contribution in [-0.4, -0.2) is 49.4 Å². The summed E-state index contributed by atoms with van der Waals surface area (Å²) in [6, 6.07) is 18.9. The lowest BCUT2D eigenvalue weighted by Crippen LogP contribution is -2.47. The zero-order chi connectivity index (χ0) is 29.3. The summed E-state index contributed by atoms with van der Waals surface area (Å²) >= 11 is 12.6. The van der Waals surface area contributed by atoms with Crippen molar-refractivity contribution in [3.63, 3.8) is 0 Å². The normalized spacial score (nSPS) is 17.4. The van der Waals surface area contributed by atoms with Gasteiger partial charge < -0.3 is 14.7 Å². The number of nitrogens with zero attached hydrogens (tertiary/aromatic N) is 3. The quantitative estimate of drug-likeness (QED) is 0.278. The molecule has 1 fully saturated rings. The van der Waals surface area contributed by atoms with Gasteiger partial charge >= 0.3 is 0 Å². The van der Waals surface area contributed by atoms with Crippen molar-refractivity contribution in [2.45, 2.75) is 50.5 Å². The minimum atomic E-state index is -0.339. The second-order valence-corrected chi connectivity index (χ2v) is 12.6. The van der Waals surface area contributed by atoms with Gasteiger partial charge in [-0.25, -0.2) is 4.39 Å².